The molecule has 1 heteroatoms. The topological polar surface area (TPSA) is 3.24 Å². The number of hydrogen-bond donors (Lipinski definition) is 0. The first-order chi connectivity index (χ1) is 9.86. The molecule has 2 unspecified atom stereocenters. The van der Waals surface area contributed by atoms with Gasteiger partial charge in [-0.05, 0) is 50.6 Å². The van der Waals surface area contributed by atoms with Crippen LogP contribution in [0.15, 0.2) is 30.3 Å². The Hall–Kier alpha value is -0.820. The van der Waals surface area contributed by atoms with E-state index in [0.717, 1.165) is 12.0 Å². The van der Waals surface area contributed by atoms with Gasteiger partial charge in [0.05, 0.1) is 0 Å². The summed E-state index contributed by atoms with van der Waals surface area (Å²) in [7, 11) is 0. The molecule has 0 spiro atoms. The summed E-state index contributed by atoms with van der Waals surface area (Å²) in [5.41, 5.74) is 1.54. The van der Waals surface area contributed by atoms with Crippen LogP contribution < -0.4 is 0 Å². The summed E-state index contributed by atoms with van der Waals surface area (Å²) in [6.45, 7) is 3.80. The Labute approximate surface area is 124 Å². The molecule has 0 N–H and O–H groups in total. The predicted molar refractivity (Wildman–Crippen MR) is 85.8 cm³/mol. The molecule has 1 aromatic carbocycles. The molecule has 0 radical (unpaired) electrons. The average Bonchev–Trinajstić information content (AvgIpc) is 2.56. The zero-order valence-corrected chi connectivity index (χ0v) is 12.9. The van der Waals surface area contributed by atoms with E-state index >= 15 is 0 Å². The summed E-state index contributed by atoms with van der Waals surface area (Å²) >= 11 is 0. The fourth-order valence-electron chi connectivity index (χ4n) is 4.36. The first-order valence-electron chi connectivity index (χ1n) is 8.67. The average molecular weight is 271 g/mol. The van der Waals surface area contributed by atoms with E-state index in [1.54, 1.807) is 0 Å². The van der Waals surface area contributed by atoms with Crippen LogP contribution in [-0.4, -0.2) is 17.5 Å². The van der Waals surface area contributed by atoms with E-state index in [-0.39, 0.29) is 0 Å². The first-order valence-corrected chi connectivity index (χ1v) is 8.67. The molecule has 1 nitrogen and oxygen atoms in total. The van der Waals surface area contributed by atoms with Crippen molar-refractivity contribution in [3.63, 3.8) is 0 Å². The van der Waals surface area contributed by atoms with Crippen LogP contribution in [0.25, 0.3) is 0 Å². The second kappa shape index (κ2) is 6.76. The van der Waals surface area contributed by atoms with Gasteiger partial charge in [-0.25, -0.2) is 0 Å². The highest BCUT2D eigenvalue weighted by Gasteiger charge is 2.32. The summed E-state index contributed by atoms with van der Waals surface area (Å²) in [5.74, 6) is 0.938. The molecule has 0 amide bonds. The summed E-state index contributed by atoms with van der Waals surface area (Å²) in [4.78, 5) is 2.83. The highest BCUT2D eigenvalue weighted by atomic mass is 15.2. The van der Waals surface area contributed by atoms with Crippen molar-refractivity contribution in [2.24, 2.45) is 5.92 Å². The van der Waals surface area contributed by atoms with E-state index in [2.05, 4.69) is 42.2 Å². The van der Waals surface area contributed by atoms with Crippen LogP contribution in [-0.2, 0) is 0 Å². The molecule has 1 saturated carbocycles. The molecule has 2 fully saturated rings. The van der Waals surface area contributed by atoms with Crippen molar-refractivity contribution < 1.29 is 0 Å². The Morgan fingerprint density at radius 1 is 0.900 bits per heavy atom. The smallest absolute Gasteiger partial charge is 0.0351 e. The fourth-order valence-corrected chi connectivity index (χ4v) is 4.36. The normalized spacial score (nSPS) is 27.4. The molecule has 3 rings (SSSR count). The van der Waals surface area contributed by atoms with Gasteiger partial charge in [0.1, 0.15) is 0 Å². The van der Waals surface area contributed by atoms with Gasteiger partial charge in [-0.3, -0.25) is 4.90 Å². The number of piperidine rings is 1. The minimum absolute atomic E-state index is 0.668. The lowest BCUT2D eigenvalue weighted by molar-refractivity contribution is 0.0576. The maximum absolute atomic E-state index is 2.83. The molecule has 0 aromatic heterocycles. The monoisotopic (exact) mass is 271 g/mol. The lowest BCUT2D eigenvalue weighted by atomic mass is 9.82. The van der Waals surface area contributed by atoms with Crippen molar-refractivity contribution in [3.8, 4) is 0 Å². The summed E-state index contributed by atoms with van der Waals surface area (Å²) in [6, 6.07) is 12.6. The van der Waals surface area contributed by atoms with Crippen molar-refractivity contribution in [2.75, 3.05) is 6.54 Å². The van der Waals surface area contributed by atoms with E-state index in [4.69, 9.17) is 0 Å². The van der Waals surface area contributed by atoms with Gasteiger partial charge in [-0.1, -0.05) is 56.0 Å². The van der Waals surface area contributed by atoms with Crippen LogP contribution in [0.3, 0.4) is 0 Å². The lowest BCUT2D eigenvalue weighted by Gasteiger charge is -2.44. The number of rotatable bonds is 3. The van der Waals surface area contributed by atoms with E-state index in [1.165, 1.54) is 63.5 Å². The van der Waals surface area contributed by atoms with Crippen molar-refractivity contribution in [1.29, 1.82) is 0 Å². The van der Waals surface area contributed by atoms with Crippen LogP contribution >= 0.6 is 0 Å². The van der Waals surface area contributed by atoms with Gasteiger partial charge in [0.25, 0.3) is 0 Å². The quantitative estimate of drug-likeness (QED) is 0.732. The van der Waals surface area contributed by atoms with Gasteiger partial charge in [0.2, 0.25) is 0 Å². The summed E-state index contributed by atoms with van der Waals surface area (Å²) in [5, 5.41) is 0. The molecule has 2 atom stereocenters. The zero-order valence-electron chi connectivity index (χ0n) is 12.9. The van der Waals surface area contributed by atoms with Gasteiger partial charge < -0.3 is 0 Å². The van der Waals surface area contributed by atoms with Gasteiger partial charge >= 0.3 is 0 Å². The maximum Gasteiger partial charge on any atom is 0.0351 e. The van der Waals surface area contributed by atoms with Crippen molar-refractivity contribution in [1.82, 2.24) is 4.90 Å². The van der Waals surface area contributed by atoms with Crippen LogP contribution in [0.5, 0.6) is 0 Å². The van der Waals surface area contributed by atoms with E-state index in [9.17, 15) is 0 Å². The van der Waals surface area contributed by atoms with Crippen molar-refractivity contribution >= 4 is 0 Å². The van der Waals surface area contributed by atoms with E-state index < -0.39 is 0 Å². The second-order valence-corrected chi connectivity index (χ2v) is 6.80. The second-order valence-electron chi connectivity index (χ2n) is 6.80. The molecule has 1 aliphatic carbocycles. The minimum Gasteiger partial charge on any atom is -0.293 e. The summed E-state index contributed by atoms with van der Waals surface area (Å²) in [6.07, 6.45) is 11.4. The van der Waals surface area contributed by atoms with E-state index in [1.807, 2.05) is 0 Å². The molecule has 2 aliphatic rings. The number of benzene rings is 1. The number of likely N-dealkylation sites (tertiary alicyclic amines) is 1. The molecule has 1 aliphatic heterocycles. The van der Waals surface area contributed by atoms with Crippen LogP contribution in [0.4, 0.5) is 0 Å². The largest absolute Gasteiger partial charge is 0.293 e. The minimum atomic E-state index is 0.668. The highest BCUT2D eigenvalue weighted by Crippen LogP contribution is 2.37. The van der Waals surface area contributed by atoms with Gasteiger partial charge in [0.15, 0.2) is 0 Å². The van der Waals surface area contributed by atoms with Gasteiger partial charge in [-0.2, -0.15) is 0 Å². The molecule has 1 heterocycles. The zero-order chi connectivity index (χ0) is 13.8. The number of hydrogen-bond acceptors (Lipinski definition) is 1. The SMILES string of the molecule is CC(C1CCCCC1)N1CCCCC1c1ccccc1. The fraction of sp³-hybridized carbons (Fsp3) is 0.684. The predicted octanol–water partition coefficient (Wildman–Crippen LogP) is 5.18. The molecule has 1 saturated heterocycles. The molecular formula is C19H29N. The third-order valence-corrected chi connectivity index (χ3v) is 5.58. The summed E-state index contributed by atoms with van der Waals surface area (Å²) < 4.78 is 0. The van der Waals surface area contributed by atoms with Crippen LogP contribution in [0.1, 0.15) is 69.9 Å². The van der Waals surface area contributed by atoms with Gasteiger partial charge in [0, 0.05) is 12.1 Å². The molecule has 110 valence electrons. The standard InChI is InChI=1S/C19H29N/c1-16(17-10-4-2-5-11-17)20-15-9-8-14-19(20)18-12-6-3-7-13-18/h3,6-7,12-13,16-17,19H,2,4-5,8-11,14-15H2,1H3. The molecular weight excluding hydrogens is 242 g/mol. The van der Waals surface area contributed by atoms with Crippen LogP contribution in [0.2, 0.25) is 0 Å². The first kappa shape index (κ1) is 14.1. The Morgan fingerprint density at radius 2 is 1.60 bits per heavy atom. The Bertz CT molecular complexity index is 393. The van der Waals surface area contributed by atoms with Crippen molar-refractivity contribution in [2.45, 2.75) is 70.4 Å². The molecule has 1 aromatic rings. The Balaban J connectivity index is 1.74. The molecule has 0 bridgehead atoms. The third kappa shape index (κ3) is 3.09. The van der Waals surface area contributed by atoms with Gasteiger partial charge in [-0.15, -0.1) is 0 Å². The highest BCUT2D eigenvalue weighted by molar-refractivity contribution is 5.19. The Morgan fingerprint density at radius 3 is 2.35 bits per heavy atom. The maximum atomic E-state index is 2.83. The Kier molecular flexibility index (Phi) is 4.77. The lowest BCUT2D eigenvalue weighted by Crippen LogP contribution is -2.44. The van der Waals surface area contributed by atoms with Crippen molar-refractivity contribution in [3.05, 3.63) is 35.9 Å². The number of nitrogens with zero attached hydrogens (tertiary/aromatic N) is 1. The van der Waals surface area contributed by atoms with Crippen LogP contribution in [0, 0.1) is 5.92 Å². The van der Waals surface area contributed by atoms with E-state index in [0.29, 0.717) is 6.04 Å². The third-order valence-electron chi connectivity index (χ3n) is 5.58. The molecule has 20 heavy (non-hydrogen) atoms.